The van der Waals surface area contributed by atoms with E-state index in [1.54, 1.807) is 49.4 Å². The van der Waals surface area contributed by atoms with Crippen molar-refractivity contribution in [2.24, 2.45) is 0 Å². The van der Waals surface area contributed by atoms with Gasteiger partial charge in [0.25, 0.3) is 10.0 Å². The molecule has 0 fully saturated rings. The molecule has 0 saturated carbocycles. The molecule has 3 aromatic carbocycles. The normalized spacial score (nSPS) is 12.8. The number of anilines is 1. The van der Waals surface area contributed by atoms with E-state index in [9.17, 15) is 18.0 Å². The van der Waals surface area contributed by atoms with Crippen molar-refractivity contribution in [1.29, 1.82) is 0 Å². The first-order valence-corrected chi connectivity index (χ1v) is 14.9. The molecule has 1 N–H and O–H groups in total. The first-order valence-electron chi connectivity index (χ1n) is 12.7. The summed E-state index contributed by atoms with van der Waals surface area (Å²) in [5, 5.41) is 3.27. The highest BCUT2D eigenvalue weighted by molar-refractivity contribution is 7.92. The molecule has 0 aromatic heterocycles. The minimum Gasteiger partial charge on any atom is -0.497 e. The van der Waals surface area contributed by atoms with E-state index < -0.39 is 28.5 Å². The van der Waals surface area contributed by atoms with Crippen LogP contribution in [0, 0.1) is 0 Å². The Morgan fingerprint density at radius 1 is 0.975 bits per heavy atom. The summed E-state index contributed by atoms with van der Waals surface area (Å²) in [4.78, 5) is 28.5. The lowest BCUT2D eigenvalue weighted by molar-refractivity contribution is -0.139. The van der Waals surface area contributed by atoms with Gasteiger partial charge >= 0.3 is 0 Å². The van der Waals surface area contributed by atoms with E-state index in [4.69, 9.17) is 27.9 Å². The topological polar surface area (TPSA) is 96.0 Å². The summed E-state index contributed by atoms with van der Waals surface area (Å²) in [5.74, 6) is -0.365. The monoisotopic (exact) mass is 605 g/mol. The molecule has 2 amide bonds. The average molecular weight is 607 g/mol. The number of benzene rings is 3. The predicted octanol–water partition coefficient (Wildman–Crippen LogP) is 5.53. The number of ether oxygens (including phenoxy) is 1. The van der Waals surface area contributed by atoms with Crippen LogP contribution in [0.1, 0.15) is 32.8 Å². The van der Waals surface area contributed by atoms with Crippen LogP contribution in [0.25, 0.3) is 0 Å². The highest BCUT2D eigenvalue weighted by Crippen LogP contribution is 2.33. The van der Waals surface area contributed by atoms with Crippen molar-refractivity contribution >= 4 is 50.7 Å². The Hall–Kier alpha value is -3.27. The molecule has 0 heterocycles. The Labute approximate surface area is 245 Å². The summed E-state index contributed by atoms with van der Waals surface area (Å²) in [5.41, 5.74) is 0.791. The number of hydrogen-bond acceptors (Lipinski definition) is 5. The second-order valence-corrected chi connectivity index (χ2v) is 12.0. The molecule has 8 nitrogen and oxygen atoms in total. The maximum Gasteiger partial charge on any atom is 0.264 e. The second kappa shape index (κ2) is 13.9. The number of methoxy groups -OCH3 is 1. The van der Waals surface area contributed by atoms with Crippen molar-refractivity contribution in [3.8, 4) is 5.75 Å². The lowest BCUT2D eigenvalue weighted by Crippen LogP contribution is -2.52. The van der Waals surface area contributed by atoms with Crippen molar-refractivity contribution in [1.82, 2.24) is 10.2 Å². The summed E-state index contributed by atoms with van der Waals surface area (Å²) in [6.45, 7) is 4.86. The molecule has 11 heteroatoms. The van der Waals surface area contributed by atoms with Gasteiger partial charge in [-0.25, -0.2) is 8.42 Å². The van der Waals surface area contributed by atoms with Gasteiger partial charge in [0.1, 0.15) is 18.3 Å². The minimum atomic E-state index is -4.23. The van der Waals surface area contributed by atoms with E-state index in [1.807, 2.05) is 13.8 Å². The molecule has 0 aliphatic heterocycles. The van der Waals surface area contributed by atoms with E-state index >= 15 is 0 Å². The van der Waals surface area contributed by atoms with E-state index in [1.165, 1.54) is 42.3 Å². The summed E-state index contributed by atoms with van der Waals surface area (Å²) in [6.07, 6.45) is 0.709. The molecular weight excluding hydrogens is 573 g/mol. The molecule has 0 spiro atoms. The fraction of sp³-hybridized carbons (Fsp3) is 0.310. The predicted molar refractivity (Wildman–Crippen MR) is 158 cm³/mol. The van der Waals surface area contributed by atoms with Crippen LogP contribution < -0.4 is 14.4 Å². The molecule has 0 radical (unpaired) electrons. The Kier molecular flexibility index (Phi) is 10.8. The molecule has 0 bridgehead atoms. The molecule has 0 saturated heterocycles. The number of carbonyl (C=O) groups excluding carboxylic acids is 2. The molecule has 2 atom stereocenters. The first-order chi connectivity index (χ1) is 19.0. The highest BCUT2D eigenvalue weighted by atomic mass is 35.5. The molecule has 3 aromatic rings. The van der Waals surface area contributed by atoms with Crippen molar-refractivity contribution in [2.75, 3.05) is 18.0 Å². The smallest absolute Gasteiger partial charge is 0.264 e. The Balaban J connectivity index is 2.05. The van der Waals surface area contributed by atoms with E-state index in [0.29, 0.717) is 22.8 Å². The van der Waals surface area contributed by atoms with Gasteiger partial charge in [0.15, 0.2) is 0 Å². The van der Waals surface area contributed by atoms with Crippen LogP contribution in [0.4, 0.5) is 5.69 Å². The Bertz CT molecular complexity index is 1440. The number of rotatable bonds is 12. The number of carbonyl (C=O) groups is 2. The van der Waals surface area contributed by atoms with E-state index in [2.05, 4.69) is 5.32 Å². The van der Waals surface area contributed by atoms with Gasteiger partial charge in [0.2, 0.25) is 11.8 Å². The summed E-state index contributed by atoms with van der Waals surface area (Å²) in [7, 11) is -2.70. The van der Waals surface area contributed by atoms with Gasteiger partial charge in [-0.3, -0.25) is 13.9 Å². The second-order valence-electron chi connectivity index (χ2n) is 9.29. The number of nitrogens with zero attached hydrogens (tertiary/aromatic N) is 2. The molecular formula is C29H33Cl2N3O5S. The SMILES string of the molecule is CC[C@H](C)NC(=O)[C@H](C)N(Cc1cccc(OC)c1)C(=O)CN(c1ccc(Cl)cc1Cl)S(=O)(=O)c1ccccc1. The van der Waals surface area contributed by atoms with Crippen LogP contribution in [-0.4, -0.2) is 50.9 Å². The van der Waals surface area contributed by atoms with Crippen LogP contribution in [0.3, 0.4) is 0 Å². The zero-order valence-electron chi connectivity index (χ0n) is 22.8. The van der Waals surface area contributed by atoms with Gasteiger partial charge < -0.3 is 15.0 Å². The largest absolute Gasteiger partial charge is 0.497 e. The molecule has 0 aliphatic carbocycles. The minimum absolute atomic E-state index is 0.0178. The van der Waals surface area contributed by atoms with Gasteiger partial charge in [0.05, 0.1) is 22.7 Å². The summed E-state index contributed by atoms with van der Waals surface area (Å²) in [6, 6.07) is 18.2. The van der Waals surface area contributed by atoms with Crippen LogP contribution >= 0.6 is 23.2 Å². The fourth-order valence-electron chi connectivity index (χ4n) is 3.93. The van der Waals surface area contributed by atoms with Gasteiger partial charge in [0, 0.05) is 17.6 Å². The number of nitrogens with one attached hydrogen (secondary N) is 1. The number of amides is 2. The zero-order valence-corrected chi connectivity index (χ0v) is 25.1. The number of sulfonamides is 1. The first kappa shape index (κ1) is 31.3. The lowest BCUT2D eigenvalue weighted by atomic mass is 10.1. The molecule has 0 unspecified atom stereocenters. The van der Waals surface area contributed by atoms with Gasteiger partial charge in [-0.15, -0.1) is 0 Å². The third-order valence-corrected chi connectivity index (χ3v) is 8.76. The van der Waals surface area contributed by atoms with Crippen molar-refractivity contribution in [2.45, 2.75) is 50.7 Å². The summed E-state index contributed by atoms with van der Waals surface area (Å²) >= 11 is 12.5. The quantitative estimate of drug-likeness (QED) is 0.293. The van der Waals surface area contributed by atoms with Crippen LogP contribution in [-0.2, 0) is 26.2 Å². The van der Waals surface area contributed by atoms with Crippen molar-refractivity contribution in [3.63, 3.8) is 0 Å². The molecule has 214 valence electrons. The fourth-order valence-corrected chi connectivity index (χ4v) is 5.95. The third kappa shape index (κ3) is 7.68. The van der Waals surface area contributed by atoms with Crippen LogP contribution in [0.15, 0.2) is 77.7 Å². The van der Waals surface area contributed by atoms with Gasteiger partial charge in [-0.1, -0.05) is 60.5 Å². The number of halogens is 2. The molecule has 0 aliphatic rings. The van der Waals surface area contributed by atoms with Gasteiger partial charge in [-0.05, 0) is 68.3 Å². The maximum atomic E-state index is 14.0. The molecule has 40 heavy (non-hydrogen) atoms. The molecule has 3 rings (SSSR count). The Morgan fingerprint density at radius 2 is 1.68 bits per heavy atom. The van der Waals surface area contributed by atoms with E-state index in [0.717, 1.165) is 4.31 Å². The number of hydrogen-bond donors (Lipinski definition) is 1. The van der Waals surface area contributed by atoms with E-state index in [-0.39, 0.29) is 34.1 Å². The Morgan fingerprint density at radius 3 is 2.30 bits per heavy atom. The third-order valence-electron chi connectivity index (χ3n) is 6.44. The summed E-state index contributed by atoms with van der Waals surface area (Å²) < 4.78 is 33.9. The maximum absolute atomic E-state index is 14.0. The van der Waals surface area contributed by atoms with Crippen LogP contribution in [0.5, 0.6) is 5.75 Å². The van der Waals surface area contributed by atoms with Crippen LogP contribution in [0.2, 0.25) is 10.0 Å². The average Bonchev–Trinajstić information content (AvgIpc) is 2.94. The lowest BCUT2D eigenvalue weighted by Gasteiger charge is -2.32. The highest BCUT2D eigenvalue weighted by Gasteiger charge is 2.33. The standard InChI is InChI=1S/C29H33Cl2N3O5S/c1-5-20(2)32-29(36)21(3)33(18-22-10-9-11-24(16-22)39-4)28(35)19-34(27-15-14-23(30)17-26(27)31)40(37,38)25-12-7-6-8-13-25/h6-17,20-21H,5,18-19H2,1-4H3,(H,32,36)/t20-,21-/m0/s1. The zero-order chi connectivity index (χ0) is 29.4. The van der Waals surface area contributed by atoms with Crippen molar-refractivity contribution in [3.05, 3.63) is 88.4 Å². The van der Waals surface area contributed by atoms with Crippen molar-refractivity contribution < 1.29 is 22.7 Å². The van der Waals surface area contributed by atoms with Gasteiger partial charge in [-0.2, -0.15) is 0 Å².